The minimum absolute atomic E-state index is 0.0179. The van der Waals surface area contributed by atoms with Gasteiger partial charge in [0.15, 0.2) is 5.96 Å². The summed E-state index contributed by atoms with van der Waals surface area (Å²) in [6.45, 7) is 8.48. The number of guanidine groups is 1. The van der Waals surface area contributed by atoms with Crippen LogP contribution in [0.2, 0.25) is 0 Å². The highest BCUT2D eigenvalue weighted by atomic mass is 16.2. The smallest absolute Gasteiger partial charge is 0.239 e. The molecule has 0 saturated carbocycles. The molecule has 172 valence electrons. The van der Waals surface area contributed by atoms with Crippen LogP contribution < -0.4 is 5.73 Å². The molecular formula is C29H30N4O. The number of amides is 1. The van der Waals surface area contributed by atoms with Gasteiger partial charge in [-0.1, -0.05) is 75.4 Å². The van der Waals surface area contributed by atoms with Crippen molar-refractivity contribution < 1.29 is 4.79 Å². The molecule has 1 unspecified atom stereocenters. The molecule has 0 radical (unpaired) electrons. The van der Waals surface area contributed by atoms with Gasteiger partial charge in [-0.15, -0.1) is 0 Å². The van der Waals surface area contributed by atoms with Crippen LogP contribution in [0.25, 0.3) is 11.1 Å². The number of carbonyl (C=O) groups is 1. The fraction of sp³-hybridized carbons (Fsp3) is 0.276. The second kappa shape index (κ2) is 8.46. The lowest BCUT2D eigenvalue weighted by Gasteiger charge is -2.41. The van der Waals surface area contributed by atoms with Gasteiger partial charge in [0, 0.05) is 7.05 Å². The summed E-state index contributed by atoms with van der Waals surface area (Å²) >= 11 is 0. The summed E-state index contributed by atoms with van der Waals surface area (Å²) in [4.78, 5) is 19.9. The van der Waals surface area contributed by atoms with Crippen molar-refractivity contribution in [3.05, 3.63) is 95.1 Å². The molecule has 0 bridgehead atoms. The molecule has 0 saturated heterocycles. The molecule has 3 aromatic carbocycles. The zero-order valence-electron chi connectivity index (χ0n) is 20.3. The molecule has 4 rings (SSSR count). The second-order valence-electron chi connectivity index (χ2n) is 10.1. The van der Waals surface area contributed by atoms with Crippen LogP contribution in [0.4, 0.5) is 0 Å². The summed E-state index contributed by atoms with van der Waals surface area (Å²) in [5, 5.41) is 9.30. The number of aliphatic imine (C=N–C) groups is 1. The fourth-order valence-electron chi connectivity index (χ4n) is 4.58. The lowest BCUT2D eigenvalue weighted by atomic mass is 9.73. The number of nitrogens with two attached hydrogens (primary N) is 1. The molecule has 5 heteroatoms. The molecule has 2 N–H and O–H groups in total. The minimum Gasteiger partial charge on any atom is -0.369 e. The summed E-state index contributed by atoms with van der Waals surface area (Å²) in [5.41, 5.74) is 10.8. The Hall–Kier alpha value is -3.91. The SMILES string of the molecule is CN1C(=O)[C@H](c2ccc(C(C)(C)C)cc2)C(C)(c2cccc(-c3cccc(C#N)c3)c2)N=C1N. The maximum atomic E-state index is 13.6. The molecular weight excluding hydrogens is 420 g/mol. The molecule has 1 amide bonds. The van der Waals surface area contributed by atoms with E-state index in [4.69, 9.17) is 10.7 Å². The van der Waals surface area contributed by atoms with E-state index in [9.17, 15) is 10.1 Å². The van der Waals surface area contributed by atoms with Crippen LogP contribution in [0.5, 0.6) is 0 Å². The summed E-state index contributed by atoms with van der Waals surface area (Å²) in [6.07, 6.45) is 0. The van der Waals surface area contributed by atoms with E-state index < -0.39 is 11.5 Å². The molecule has 0 fully saturated rings. The number of nitriles is 1. The number of nitrogens with zero attached hydrogens (tertiary/aromatic N) is 3. The van der Waals surface area contributed by atoms with Crippen molar-refractivity contribution in [3.63, 3.8) is 0 Å². The van der Waals surface area contributed by atoms with E-state index in [2.05, 4.69) is 39.0 Å². The molecule has 1 aliphatic rings. The van der Waals surface area contributed by atoms with Crippen molar-refractivity contribution in [2.75, 3.05) is 7.05 Å². The van der Waals surface area contributed by atoms with Gasteiger partial charge >= 0.3 is 0 Å². The minimum atomic E-state index is -0.889. The predicted molar refractivity (Wildman–Crippen MR) is 136 cm³/mol. The van der Waals surface area contributed by atoms with Crippen LogP contribution in [-0.4, -0.2) is 23.8 Å². The molecule has 1 heterocycles. The van der Waals surface area contributed by atoms with Gasteiger partial charge in [-0.05, 0) is 58.4 Å². The second-order valence-corrected chi connectivity index (χ2v) is 10.1. The maximum Gasteiger partial charge on any atom is 0.239 e. The van der Waals surface area contributed by atoms with Crippen molar-refractivity contribution in [2.45, 2.75) is 44.6 Å². The maximum absolute atomic E-state index is 13.6. The van der Waals surface area contributed by atoms with Crippen LogP contribution in [0.3, 0.4) is 0 Å². The van der Waals surface area contributed by atoms with Crippen molar-refractivity contribution in [3.8, 4) is 17.2 Å². The Morgan fingerprint density at radius 2 is 1.62 bits per heavy atom. The molecule has 5 nitrogen and oxygen atoms in total. The van der Waals surface area contributed by atoms with E-state index in [0.29, 0.717) is 5.56 Å². The number of hydrogen-bond acceptors (Lipinski definition) is 4. The third-order valence-electron chi connectivity index (χ3n) is 6.71. The van der Waals surface area contributed by atoms with Crippen LogP contribution in [0.1, 0.15) is 55.9 Å². The third kappa shape index (κ3) is 4.08. The Morgan fingerprint density at radius 1 is 1.00 bits per heavy atom. The Balaban J connectivity index is 1.85. The lowest BCUT2D eigenvalue weighted by molar-refractivity contribution is -0.130. The Morgan fingerprint density at radius 3 is 2.24 bits per heavy atom. The van der Waals surface area contributed by atoms with Gasteiger partial charge in [-0.3, -0.25) is 9.69 Å². The van der Waals surface area contributed by atoms with Crippen molar-refractivity contribution in [1.29, 1.82) is 5.26 Å². The summed E-state index contributed by atoms with van der Waals surface area (Å²) in [5.74, 6) is -0.415. The number of hydrogen-bond donors (Lipinski definition) is 1. The third-order valence-corrected chi connectivity index (χ3v) is 6.71. The van der Waals surface area contributed by atoms with Gasteiger partial charge in [0.1, 0.15) is 5.54 Å². The first-order valence-electron chi connectivity index (χ1n) is 11.4. The van der Waals surface area contributed by atoms with Gasteiger partial charge in [-0.2, -0.15) is 5.26 Å². The summed E-state index contributed by atoms with van der Waals surface area (Å²) in [6, 6.07) is 25.9. The average molecular weight is 451 g/mol. The zero-order valence-corrected chi connectivity index (χ0v) is 20.3. The number of benzene rings is 3. The summed E-state index contributed by atoms with van der Waals surface area (Å²) in [7, 11) is 1.67. The van der Waals surface area contributed by atoms with E-state index in [0.717, 1.165) is 22.3 Å². The molecule has 0 spiro atoms. The highest BCUT2D eigenvalue weighted by Gasteiger charge is 2.47. The lowest BCUT2D eigenvalue weighted by Crippen LogP contribution is -2.52. The molecule has 2 atom stereocenters. The van der Waals surface area contributed by atoms with Crippen molar-refractivity contribution in [1.82, 2.24) is 4.90 Å². The van der Waals surface area contributed by atoms with Gasteiger partial charge in [-0.25, -0.2) is 4.99 Å². The monoisotopic (exact) mass is 450 g/mol. The molecule has 34 heavy (non-hydrogen) atoms. The predicted octanol–water partition coefficient (Wildman–Crippen LogP) is 5.31. The highest BCUT2D eigenvalue weighted by Crippen LogP contribution is 2.45. The van der Waals surface area contributed by atoms with Gasteiger partial charge in [0.25, 0.3) is 0 Å². The molecule has 0 aromatic heterocycles. The van der Waals surface area contributed by atoms with Gasteiger partial charge in [0.2, 0.25) is 5.91 Å². The van der Waals surface area contributed by atoms with Crippen LogP contribution in [-0.2, 0) is 15.7 Å². The topological polar surface area (TPSA) is 82.5 Å². The average Bonchev–Trinajstić information content (AvgIpc) is 2.82. The van der Waals surface area contributed by atoms with Gasteiger partial charge < -0.3 is 5.73 Å². The van der Waals surface area contributed by atoms with Crippen LogP contribution >= 0.6 is 0 Å². The van der Waals surface area contributed by atoms with Crippen LogP contribution in [0, 0.1) is 11.3 Å². The van der Waals surface area contributed by atoms with E-state index in [-0.39, 0.29) is 17.3 Å². The highest BCUT2D eigenvalue weighted by molar-refractivity contribution is 6.02. The first-order valence-corrected chi connectivity index (χ1v) is 11.4. The standard InChI is InChI=1S/C29H30N4O/c1-28(2,3)23-14-12-20(13-15-23)25-26(34)33(5)27(31)32-29(25,4)24-11-7-10-22(17-24)21-9-6-8-19(16-21)18-30/h6-17,25H,1-5H3,(H2,31,32)/t25-,29?/m0/s1. The Kier molecular flexibility index (Phi) is 5.79. The molecule has 3 aromatic rings. The quantitative estimate of drug-likeness (QED) is 0.587. The first-order chi connectivity index (χ1) is 16.0. The number of carbonyl (C=O) groups excluding carboxylic acids is 1. The summed E-state index contributed by atoms with van der Waals surface area (Å²) < 4.78 is 0. The molecule has 0 aliphatic carbocycles. The van der Waals surface area contributed by atoms with Crippen molar-refractivity contribution >= 4 is 11.9 Å². The number of rotatable bonds is 3. The normalized spacial score (nSPS) is 20.6. The van der Waals surface area contributed by atoms with Gasteiger partial charge in [0.05, 0.1) is 17.6 Å². The molecule has 1 aliphatic heterocycles. The Bertz CT molecular complexity index is 1310. The van der Waals surface area contributed by atoms with Crippen LogP contribution in [0.15, 0.2) is 77.8 Å². The van der Waals surface area contributed by atoms with E-state index in [1.807, 2.05) is 61.5 Å². The number of likely N-dealkylation sites (N-methyl/N-ethyl adjacent to an activating group) is 1. The fourth-order valence-corrected chi connectivity index (χ4v) is 4.58. The largest absolute Gasteiger partial charge is 0.369 e. The van der Waals surface area contributed by atoms with E-state index >= 15 is 0 Å². The van der Waals surface area contributed by atoms with E-state index in [1.165, 1.54) is 10.5 Å². The zero-order chi connectivity index (χ0) is 24.7. The first kappa shape index (κ1) is 23.3. The van der Waals surface area contributed by atoms with E-state index in [1.54, 1.807) is 13.1 Å². The van der Waals surface area contributed by atoms with Crippen molar-refractivity contribution in [2.24, 2.45) is 10.7 Å². The Labute approximate surface area is 201 Å².